The van der Waals surface area contributed by atoms with Crippen LogP contribution in [0.5, 0.6) is 5.75 Å². The van der Waals surface area contributed by atoms with E-state index in [4.69, 9.17) is 24.3 Å². The SMILES string of the molecule is CC(C)OC(=O)[C@H](C)CP(=O)(Oc1ccccc1)O[C@@H](C)[C@H]1O[C@@H](n2ccc(=O)[nH]c2=O)C(N)(CF)[C@H]1O. The second kappa shape index (κ2) is 11.9. The zero-order chi connectivity index (χ0) is 28.3. The predicted molar refractivity (Wildman–Crippen MR) is 135 cm³/mol. The summed E-state index contributed by atoms with van der Waals surface area (Å²) in [5, 5.41) is 10.9. The molecule has 0 amide bonds. The standard InChI is InChI=1S/C24H33FN3O9P/c1-14(2)34-21(31)15(3)12-38(33,37-17-8-6-5-7-9-17)36-16(4)19-20(30)24(26,13-25)22(35-19)28-11-10-18(29)27-23(28)32/h5-11,14-16,19-20,22,30H,12-13,26H2,1-4H3,(H,27,29,32)/t15-,16+,19-,20+,22-,24?,38?/m1/s1. The number of aliphatic hydroxyl groups is 1. The van der Waals surface area contributed by atoms with Gasteiger partial charge in [0.2, 0.25) is 0 Å². The zero-order valence-electron chi connectivity index (χ0n) is 21.5. The Hall–Kier alpha value is -2.83. The van der Waals surface area contributed by atoms with E-state index in [1.54, 1.807) is 44.2 Å². The summed E-state index contributed by atoms with van der Waals surface area (Å²) in [6.45, 7) is 4.96. The Balaban J connectivity index is 1.89. The third kappa shape index (κ3) is 6.59. The molecule has 0 spiro atoms. The maximum atomic E-state index is 14.2. The van der Waals surface area contributed by atoms with Gasteiger partial charge in [0.25, 0.3) is 5.56 Å². The molecule has 2 heterocycles. The fraction of sp³-hybridized carbons (Fsp3) is 0.542. The van der Waals surface area contributed by atoms with E-state index in [-0.39, 0.29) is 11.9 Å². The molecule has 1 aliphatic rings. The highest BCUT2D eigenvalue weighted by atomic mass is 31.2. The number of hydrogen-bond donors (Lipinski definition) is 3. The number of nitrogens with two attached hydrogens (primary N) is 1. The smallest absolute Gasteiger partial charge is 0.380 e. The number of aliphatic hydroxyl groups excluding tert-OH is 1. The number of esters is 1. The van der Waals surface area contributed by atoms with E-state index >= 15 is 0 Å². The Labute approximate surface area is 218 Å². The van der Waals surface area contributed by atoms with Gasteiger partial charge in [0.15, 0.2) is 6.23 Å². The summed E-state index contributed by atoms with van der Waals surface area (Å²) < 4.78 is 51.5. The van der Waals surface area contributed by atoms with Crippen molar-refractivity contribution >= 4 is 13.6 Å². The van der Waals surface area contributed by atoms with Gasteiger partial charge < -0.3 is 24.8 Å². The number of carbonyl (C=O) groups excluding carboxylic acids is 1. The molecule has 1 aliphatic heterocycles. The highest BCUT2D eigenvalue weighted by Crippen LogP contribution is 2.52. The second-order valence-electron chi connectivity index (χ2n) is 9.56. The lowest BCUT2D eigenvalue weighted by Crippen LogP contribution is -2.58. The largest absolute Gasteiger partial charge is 0.463 e. The number of aromatic amines is 1. The lowest BCUT2D eigenvalue weighted by molar-refractivity contribution is -0.151. The Morgan fingerprint density at radius 2 is 1.89 bits per heavy atom. The monoisotopic (exact) mass is 557 g/mol. The molecule has 4 N–H and O–H groups in total. The number of alkyl halides is 1. The minimum Gasteiger partial charge on any atom is -0.463 e. The van der Waals surface area contributed by atoms with Crippen molar-refractivity contribution in [2.24, 2.45) is 11.7 Å². The van der Waals surface area contributed by atoms with Crippen LogP contribution >= 0.6 is 7.60 Å². The number of halogens is 1. The number of nitrogens with zero attached hydrogens (tertiary/aromatic N) is 1. The van der Waals surface area contributed by atoms with Crippen molar-refractivity contribution in [1.29, 1.82) is 0 Å². The molecule has 2 aromatic rings. The minimum absolute atomic E-state index is 0.204. The highest BCUT2D eigenvalue weighted by Gasteiger charge is 2.57. The molecule has 1 aromatic heterocycles. The first-order valence-corrected chi connectivity index (χ1v) is 13.7. The molecule has 0 bridgehead atoms. The molecule has 1 aromatic carbocycles. The van der Waals surface area contributed by atoms with Gasteiger partial charge in [-0.15, -0.1) is 0 Å². The van der Waals surface area contributed by atoms with Crippen LogP contribution in [0.3, 0.4) is 0 Å². The molecule has 3 rings (SSSR count). The predicted octanol–water partition coefficient (Wildman–Crippen LogP) is 1.73. The van der Waals surface area contributed by atoms with Crippen LogP contribution in [0.25, 0.3) is 0 Å². The molecule has 12 nitrogen and oxygen atoms in total. The van der Waals surface area contributed by atoms with Crippen LogP contribution in [-0.4, -0.2) is 63.4 Å². The van der Waals surface area contributed by atoms with Gasteiger partial charge >= 0.3 is 19.3 Å². The van der Waals surface area contributed by atoms with Crippen molar-refractivity contribution in [1.82, 2.24) is 9.55 Å². The molecular weight excluding hydrogens is 524 g/mol. The van der Waals surface area contributed by atoms with Gasteiger partial charge in [-0.05, 0) is 32.9 Å². The fourth-order valence-corrected chi connectivity index (χ4v) is 6.16. The molecule has 7 atom stereocenters. The molecule has 1 saturated heterocycles. The van der Waals surface area contributed by atoms with E-state index in [0.29, 0.717) is 0 Å². The number of ether oxygens (including phenoxy) is 2. The van der Waals surface area contributed by atoms with Crippen molar-refractivity contribution in [3.63, 3.8) is 0 Å². The van der Waals surface area contributed by atoms with E-state index in [9.17, 15) is 28.4 Å². The Bertz CT molecular complexity index is 1270. The maximum Gasteiger partial charge on any atom is 0.380 e. The van der Waals surface area contributed by atoms with Crippen molar-refractivity contribution in [2.75, 3.05) is 12.8 Å². The van der Waals surface area contributed by atoms with E-state index < -0.39 is 73.6 Å². The number of aromatic nitrogens is 2. The lowest BCUT2D eigenvalue weighted by Gasteiger charge is -2.31. The number of nitrogens with one attached hydrogen (secondary N) is 1. The van der Waals surface area contributed by atoms with Crippen LogP contribution in [0.15, 0.2) is 52.2 Å². The quantitative estimate of drug-likeness (QED) is 0.273. The van der Waals surface area contributed by atoms with E-state index in [1.807, 2.05) is 4.98 Å². The molecule has 14 heteroatoms. The van der Waals surface area contributed by atoms with Crippen LogP contribution in [-0.2, 0) is 23.4 Å². The van der Waals surface area contributed by atoms with Crippen LogP contribution in [0, 0.1) is 5.92 Å². The lowest BCUT2D eigenvalue weighted by atomic mass is 9.91. The Kier molecular flexibility index (Phi) is 9.32. The number of para-hydroxylation sites is 1. The zero-order valence-corrected chi connectivity index (χ0v) is 22.4. The van der Waals surface area contributed by atoms with Crippen LogP contribution in [0.4, 0.5) is 4.39 Å². The van der Waals surface area contributed by atoms with Crippen molar-refractivity contribution < 1.29 is 37.4 Å². The Morgan fingerprint density at radius 1 is 1.24 bits per heavy atom. The first kappa shape index (κ1) is 29.7. The maximum absolute atomic E-state index is 14.2. The summed E-state index contributed by atoms with van der Waals surface area (Å²) in [4.78, 5) is 38.2. The molecule has 0 radical (unpaired) electrons. The van der Waals surface area contributed by atoms with Gasteiger partial charge in [0.05, 0.1) is 24.3 Å². The summed E-state index contributed by atoms with van der Waals surface area (Å²) in [7, 11) is -4.13. The highest BCUT2D eigenvalue weighted by molar-refractivity contribution is 7.54. The molecule has 0 aliphatic carbocycles. The first-order valence-electron chi connectivity index (χ1n) is 12.0. The molecule has 210 valence electrons. The average Bonchev–Trinajstić information content (AvgIpc) is 3.10. The number of hydrogen-bond acceptors (Lipinski definition) is 10. The minimum atomic E-state index is -4.13. The number of rotatable bonds is 11. The molecule has 38 heavy (non-hydrogen) atoms. The topological polar surface area (TPSA) is 172 Å². The summed E-state index contributed by atoms with van der Waals surface area (Å²) in [6, 6.07) is 9.14. The van der Waals surface area contributed by atoms with Gasteiger partial charge in [0.1, 0.15) is 30.2 Å². The summed E-state index contributed by atoms with van der Waals surface area (Å²) in [5.41, 5.74) is 2.42. The van der Waals surface area contributed by atoms with E-state index in [1.165, 1.54) is 13.8 Å². The molecule has 0 saturated carbocycles. The van der Waals surface area contributed by atoms with E-state index in [0.717, 1.165) is 16.8 Å². The van der Waals surface area contributed by atoms with Crippen LogP contribution in [0.2, 0.25) is 0 Å². The molecule has 1 fully saturated rings. The van der Waals surface area contributed by atoms with Crippen LogP contribution in [0.1, 0.15) is 33.9 Å². The van der Waals surface area contributed by atoms with E-state index in [2.05, 4.69) is 0 Å². The van der Waals surface area contributed by atoms with Gasteiger partial charge in [0, 0.05) is 12.3 Å². The van der Waals surface area contributed by atoms with Gasteiger partial charge in [-0.1, -0.05) is 25.1 Å². The van der Waals surface area contributed by atoms with Crippen LogP contribution < -0.4 is 21.5 Å². The number of carbonyl (C=O) groups is 1. The summed E-state index contributed by atoms with van der Waals surface area (Å²) >= 11 is 0. The van der Waals surface area contributed by atoms with Crippen molar-refractivity contribution in [3.05, 3.63) is 63.4 Å². The Morgan fingerprint density at radius 3 is 2.47 bits per heavy atom. The van der Waals surface area contributed by atoms with Gasteiger partial charge in [-0.25, -0.2) is 13.8 Å². The third-order valence-corrected chi connectivity index (χ3v) is 8.11. The van der Waals surface area contributed by atoms with Gasteiger partial charge in [-0.3, -0.25) is 23.7 Å². The third-order valence-electron chi connectivity index (χ3n) is 5.97. The van der Waals surface area contributed by atoms with Crippen molar-refractivity contribution in [3.8, 4) is 5.75 Å². The fourth-order valence-electron chi connectivity index (χ4n) is 4.07. The van der Waals surface area contributed by atoms with Gasteiger partial charge in [-0.2, -0.15) is 0 Å². The first-order chi connectivity index (χ1) is 17.8. The summed E-state index contributed by atoms with van der Waals surface area (Å²) in [5.74, 6) is -1.29. The number of benzene rings is 1. The van der Waals surface area contributed by atoms with Crippen molar-refractivity contribution in [2.45, 2.75) is 63.9 Å². The average molecular weight is 558 g/mol. The molecule has 2 unspecified atom stereocenters. The normalized spacial score (nSPS) is 26.5. The second-order valence-corrected chi connectivity index (χ2v) is 11.5. The number of H-pyrrole nitrogens is 1. The molecular formula is C24H33FN3O9P. The summed E-state index contributed by atoms with van der Waals surface area (Å²) in [6.07, 6.45) is -5.55.